The number of carbonyl (C=O) groups is 1. The molecule has 0 aromatic heterocycles. The largest absolute Gasteiger partial charge is 0.454 e. The molecule has 6 nitrogen and oxygen atoms in total. The van der Waals surface area contributed by atoms with E-state index in [1.807, 2.05) is 0 Å². The first-order chi connectivity index (χ1) is 15.8. The molecule has 0 radical (unpaired) electrons. The van der Waals surface area contributed by atoms with Crippen molar-refractivity contribution in [2.45, 2.75) is 31.4 Å². The molecule has 0 saturated heterocycles. The van der Waals surface area contributed by atoms with Gasteiger partial charge in [-0.15, -0.1) is 0 Å². The topological polar surface area (TPSA) is 88.6 Å². The van der Waals surface area contributed by atoms with Crippen LogP contribution in [0, 0.1) is 11.3 Å². The molecule has 9 heteroatoms. The Morgan fingerprint density at radius 2 is 1.85 bits per heavy atom. The zero-order valence-corrected chi connectivity index (χ0v) is 17.3. The minimum absolute atomic E-state index is 0.0137. The van der Waals surface area contributed by atoms with Gasteiger partial charge in [0.15, 0.2) is 17.3 Å². The maximum atomic E-state index is 13.8. The van der Waals surface area contributed by atoms with Crippen LogP contribution in [-0.4, -0.2) is 12.6 Å². The Kier molecular flexibility index (Phi) is 4.81. The second kappa shape index (κ2) is 7.59. The fourth-order valence-electron chi connectivity index (χ4n) is 4.70. The zero-order chi connectivity index (χ0) is 23.3. The summed E-state index contributed by atoms with van der Waals surface area (Å²) in [7, 11) is 0. The number of rotatable bonds is 2. The van der Waals surface area contributed by atoms with Crippen LogP contribution in [0.4, 0.5) is 18.9 Å². The average Bonchev–Trinajstić information content (AvgIpc) is 3.26. The molecule has 1 aliphatic carbocycles. The molecule has 0 bridgehead atoms. The van der Waals surface area contributed by atoms with E-state index in [0.29, 0.717) is 41.2 Å². The predicted molar refractivity (Wildman–Crippen MR) is 112 cm³/mol. The van der Waals surface area contributed by atoms with Crippen LogP contribution in [0.2, 0.25) is 0 Å². The second-order valence-corrected chi connectivity index (χ2v) is 7.94. The maximum Gasteiger partial charge on any atom is 0.418 e. The number of allylic oxidation sites excluding steroid dienone is 3. The van der Waals surface area contributed by atoms with Crippen molar-refractivity contribution in [3.8, 4) is 17.6 Å². The highest BCUT2D eigenvalue weighted by Gasteiger charge is 2.43. The summed E-state index contributed by atoms with van der Waals surface area (Å²) in [4.78, 5) is 14.4. The quantitative estimate of drug-likeness (QED) is 0.707. The van der Waals surface area contributed by atoms with Gasteiger partial charge >= 0.3 is 6.18 Å². The number of hydrogen-bond donors (Lipinski definition) is 1. The number of halogens is 3. The zero-order valence-electron chi connectivity index (χ0n) is 17.3. The minimum Gasteiger partial charge on any atom is -0.454 e. The number of ether oxygens (including phenoxy) is 2. The standard InChI is InChI=1S/C24H18F3N3O3/c25-24(26,27)15-4-1-2-5-16(15)30-17-6-3-7-18(31)22(17)21(14(11-28)23(30)29)13-8-9-19-20(10-13)33-12-32-19/h1-2,4-5,8-10,21H,3,6-7,12,29H2/t21-/m1/s1. The van der Waals surface area contributed by atoms with Crippen molar-refractivity contribution < 1.29 is 27.4 Å². The van der Waals surface area contributed by atoms with Crippen molar-refractivity contribution in [1.29, 1.82) is 5.26 Å². The smallest absolute Gasteiger partial charge is 0.418 e. The fourth-order valence-corrected chi connectivity index (χ4v) is 4.70. The first-order valence-corrected chi connectivity index (χ1v) is 10.3. The Labute approximate surface area is 187 Å². The first kappa shape index (κ1) is 20.9. The van der Waals surface area contributed by atoms with Crippen LogP contribution in [-0.2, 0) is 11.0 Å². The molecule has 2 aliphatic heterocycles. The number of fused-ring (bicyclic) bond motifs is 1. The van der Waals surface area contributed by atoms with Crippen LogP contribution in [0.1, 0.15) is 36.3 Å². The fraction of sp³-hybridized carbons (Fsp3) is 0.250. The van der Waals surface area contributed by atoms with Crippen molar-refractivity contribution in [2.75, 3.05) is 11.7 Å². The van der Waals surface area contributed by atoms with Gasteiger partial charge in [-0.3, -0.25) is 9.69 Å². The number of ketones is 1. The van der Waals surface area contributed by atoms with E-state index in [9.17, 15) is 23.2 Å². The lowest BCUT2D eigenvalue weighted by Gasteiger charge is -2.40. The van der Waals surface area contributed by atoms with Gasteiger partial charge in [-0.05, 0) is 42.7 Å². The second-order valence-electron chi connectivity index (χ2n) is 7.94. The van der Waals surface area contributed by atoms with Gasteiger partial charge in [0.2, 0.25) is 6.79 Å². The van der Waals surface area contributed by atoms with Gasteiger partial charge in [0, 0.05) is 17.7 Å². The molecule has 2 aromatic carbocycles. The Morgan fingerprint density at radius 3 is 2.61 bits per heavy atom. The van der Waals surface area contributed by atoms with Gasteiger partial charge in [0.1, 0.15) is 5.82 Å². The van der Waals surface area contributed by atoms with Crippen LogP contribution >= 0.6 is 0 Å². The molecule has 1 atom stereocenters. The molecule has 3 aliphatic rings. The van der Waals surface area contributed by atoms with Crippen LogP contribution in [0.25, 0.3) is 0 Å². The number of hydrogen-bond acceptors (Lipinski definition) is 6. The summed E-state index contributed by atoms with van der Waals surface area (Å²) < 4.78 is 52.3. The number of Topliss-reactive ketones (excluding diaryl/α,β-unsaturated/α-hetero) is 1. The maximum absolute atomic E-state index is 13.8. The summed E-state index contributed by atoms with van der Waals surface area (Å²) in [6.45, 7) is 0.0570. The molecular formula is C24H18F3N3O3. The molecule has 2 N–H and O–H groups in total. The van der Waals surface area contributed by atoms with Crippen molar-refractivity contribution in [3.05, 3.63) is 76.3 Å². The molecule has 0 saturated carbocycles. The monoisotopic (exact) mass is 453 g/mol. The molecule has 0 amide bonds. The van der Waals surface area contributed by atoms with E-state index < -0.39 is 17.7 Å². The summed E-state index contributed by atoms with van der Waals surface area (Å²) in [6.07, 6.45) is -3.57. The molecule has 2 aromatic rings. The number of nitrogens with two attached hydrogens (primary N) is 1. The third kappa shape index (κ3) is 3.30. The Bertz CT molecular complexity index is 1270. The van der Waals surface area contributed by atoms with Crippen LogP contribution in [0.15, 0.2) is 65.1 Å². The van der Waals surface area contributed by atoms with Crippen LogP contribution < -0.4 is 20.1 Å². The minimum atomic E-state index is -4.64. The molecule has 0 fully saturated rings. The number of para-hydroxylation sites is 1. The van der Waals surface area contributed by atoms with Crippen molar-refractivity contribution >= 4 is 11.5 Å². The van der Waals surface area contributed by atoms with Crippen molar-refractivity contribution in [2.24, 2.45) is 5.73 Å². The molecule has 168 valence electrons. The van der Waals surface area contributed by atoms with E-state index in [-0.39, 0.29) is 36.1 Å². The predicted octanol–water partition coefficient (Wildman–Crippen LogP) is 4.74. The first-order valence-electron chi connectivity index (χ1n) is 10.3. The molecule has 0 spiro atoms. The van der Waals surface area contributed by atoms with E-state index in [4.69, 9.17) is 15.2 Å². The lowest BCUT2D eigenvalue weighted by atomic mass is 9.75. The van der Waals surface area contributed by atoms with Gasteiger partial charge < -0.3 is 15.2 Å². The molecule has 33 heavy (non-hydrogen) atoms. The number of nitrogens with zero attached hydrogens (tertiary/aromatic N) is 2. The third-order valence-corrected chi connectivity index (χ3v) is 6.09. The Hall–Kier alpha value is -3.93. The number of carbonyl (C=O) groups excluding carboxylic acids is 1. The van der Waals surface area contributed by atoms with E-state index in [0.717, 1.165) is 6.07 Å². The third-order valence-electron chi connectivity index (χ3n) is 6.09. The van der Waals surface area contributed by atoms with Crippen molar-refractivity contribution in [3.63, 3.8) is 0 Å². The summed E-state index contributed by atoms with van der Waals surface area (Å²) in [5.41, 5.74) is 6.57. The molecule has 0 unspecified atom stereocenters. The Morgan fingerprint density at radius 1 is 1.09 bits per heavy atom. The lowest BCUT2D eigenvalue weighted by Crippen LogP contribution is -2.39. The lowest BCUT2D eigenvalue weighted by molar-refractivity contribution is -0.137. The van der Waals surface area contributed by atoms with E-state index in [1.165, 1.54) is 23.1 Å². The van der Waals surface area contributed by atoms with E-state index in [1.54, 1.807) is 18.2 Å². The highest BCUT2D eigenvalue weighted by Crippen LogP contribution is 2.49. The number of anilines is 1. The molecule has 2 heterocycles. The number of alkyl halides is 3. The normalized spacial score (nSPS) is 20.1. The van der Waals surface area contributed by atoms with Crippen LogP contribution in [0.5, 0.6) is 11.5 Å². The van der Waals surface area contributed by atoms with Gasteiger partial charge in [0.25, 0.3) is 0 Å². The summed E-state index contributed by atoms with van der Waals surface area (Å²) in [5.74, 6) is -0.130. The molecule has 5 rings (SSSR count). The van der Waals surface area contributed by atoms with E-state index in [2.05, 4.69) is 6.07 Å². The summed E-state index contributed by atoms with van der Waals surface area (Å²) in [5, 5.41) is 10.0. The van der Waals surface area contributed by atoms with Gasteiger partial charge in [0.05, 0.1) is 28.8 Å². The average molecular weight is 453 g/mol. The van der Waals surface area contributed by atoms with Crippen LogP contribution in [0.3, 0.4) is 0 Å². The van der Waals surface area contributed by atoms with Gasteiger partial charge in [-0.2, -0.15) is 18.4 Å². The van der Waals surface area contributed by atoms with Gasteiger partial charge in [-0.1, -0.05) is 18.2 Å². The number of nitriles is 1. The SMILES string of the molecule is N#CC1=C(N)N(c2ccccc2C(F)(F)F)C2=C(C(=O)CCC2)[C@@H]1c1ccc2c(c1)OCO2. The highest BCUT2D eigenvalue weighted by molar-refractivity contribution is 6.01. The molecular weight excluding hydrogens is 435 g/mol. The highest BCUT2D eigenvalue weighted by atomic mass is 19.4. The van der Waals surface area contributed by atoms with Gasteiger partial charge in [-0.25, -0.2) is 0 Å². The summed E-state index contributed by atoms with van der Waals surface area (Å²) in [6, 6.07) is 12.2. The number of benzene rings is 2. The summed E-state index contributed by atoms with van der Waals surface area (Å²) >= 11 is 0. The Balaban J connectivity index is 1.75. The van der Waals surface area contributed by atoms with Crippen molar-refractivity contribution in [1.82, 2.24) is 0 Å². The van der Waals surface area contributed by atoms with E-state index >= 15 is 0 Å².